The van der Waals surface area contributed by atoms with Crippen molar-refractivity contribution >= 4 is 34.4 Å². The molecule has 0 aliphatic carbocycles. The zero-order valence-electron chi connectivity index (χ0n) is 26.4. The lowest BCUT2D eigenvalue weighted by molar-refractivity contribution is -0.141. The van der Waals surface area contributed by atoms with Crippen molar-refractivity contribution in [2.45, 2.75) is 91.3 Å². The summed E-state index contributed by atoms with van der Waals surface area (Å²) < 4.78 is 5.47. The molecule has 0 aliphatic heterocycles. The Balaban J connectivity index is 2.00. The predicted octanol–water partition coefficient (Wildman–Crippen LogP) is 7.57. The van der Waals surface area contributed by atoms with Gasteiger partial charge in [0.05, 0.1) is 0 Å². The summed E-state index contributed by atoms with van der Waals surface area (Å²) in [7, 11) is 0. The van der Waals surface area contributed by atoms with Gasteiger partial charge in [0.15, 0.2) is 0 Å². The van der Waals surface area contributed by atoms with Crippen LogP contribution in [0.3, 0.4) is 0 Å². The lowest BCUT2D eigenvalue weighted by Gasteiger charge is -2.35. The first-order valence-electron chi connectivity index (χ1n) is 15.3. The standard InChI is InChI=1S/C35H47N3O5/c1-7-8-9-10-13-22-38(33(41)30(24(2)3)37-34(42)43-35(4,5)6)31(26-17-20-29(39)21-18-26)32(40)36-28-19-16-25-14-11-12-15-27(25)23-28/h11-12,14-21,23-24,30-31,39H,7-10,13,22H2,1-6H3,(H,36,40)(H,37,42). The van der Waals surface area contributed by atoms with Crippen LogP contribution < -0.4 is 10.6 Å². The van der Waals surface area contributed by atoms with Crippen LogP contribution in [0.15, 0.2) is 66.7 Å². The number of amides is 3. The van der Waals surface area contributed by atoms with Crippen molar-refractivity contribution in [1.82, 2.24) is 10.2 Å². The molecule has 0 saturated carbocycles. The number of phenolic OH excluding ortho intramolecular Hbond substituents is 1. The van der Waals surface area contributed by atoms with E-state index in [1.165, 1.54) is 12.1 Å². The van der Waals surface area contributed by atoms with E-state index in [1.54, 1.807) is 37.8 Å². The van der Waals surface area contributed by atoms with Crippen LogP contribution in [0.25, 0.3) is 10.8 Å². The molecule has 0 bridgehead atoms. The van der Waals surface area contributed by atoms with Crippen LogP contribution in [0, 0.1) is 5.92 Å². The SMILES string of the molecule is CCCCCCCN(C(=O)C(NC(=O)OC(C)(C)C)C(C)C)C(C(=O)Nc1ccc2ccccc2c1)c1ccc(O)cc1. The van der Waals surface area contributed by atoms with Crippen molar-refractivity contribution in [3.63, 3.8) is 0 Å². The molecule has 0 fully saturated rings. The fourth-order valence-corrected chi connectivity index (χ4v) is 4.99. The van der Waals surface area contributed by atoms with E-state index in [0.717, 1.165) is 36.5 Å². The summed E-state index contributed by atoms with van der Waals surface area (Å²) in [5.41, 5.74) is 0.426. The van der Waals surface area contributed by atoms with Gasteiger partial charge in [-0.3, -0.25) is 9.59 Å². The van der Waals surface area contributed by atoms with Gasteiger partial charge in [-0.1, -0.05) is 88.9 Å². The van der Waals surface area contributed by atoms with Crippen LogP contribution in [0.4, 0.5) is 10.5 Å². The van der Waals surface area contributed by atoms with Gasteiger partial charge >= 0.3 is 6.09 Å². The zero-order chi connectivity index (χ0) is 31.6. The van der Waals surface area contributed by atoms with Crippen LogP contribution in [-0.2, 0) is 14.3 Å². The Morgan fingerprint density at radius 2 is 1.53 bits per heavy atom. The van der Waals surface area contributed by atoms with Gasteiger partial charge in [-0.2, -0.15) is 0 Å². The molecule has 3 amide bonds. The highest BCUT2D eigenvalue weighted by atomic mass is 16.6. The third-order valence-electron chi connectivity index (χ3n) is 7.18. The summed E-state index contributed by atoms with van der Waals surface area (Å²) in [6.07, 6.45) is 4.10. The fraction of sp³-hybridized carbons (Fsp3) is 0.457. The molecular formula is C35H47N3O5. The molecule has 3 aromatic rings. The van der Waals surface area contributed by atoms with Crippen molar-refractivity contribution in [2.24, 2.45) is 5.92 Å². The number of rotatable bonds is 13. The van der Waals surface area contributed by atoms with Crippen LogP contribution in [0.2, 0.25) is 0 Å². The first-order valence-corrected chi connectivity index (χ1v) is 15.3. The lowest BCUT2D eigenvalue weighted by Crippen LogP contribution is -2.54. The molecule has 3 rings (SSSR count). The van der Waals surface area contributed by atoms with Crippen molar-refractivity contribution in [2.75, 3.05) is 11.9 Å². The number of alkyl carbamates (subject to hydrolysis) is 1. The predicted molar refractivity (Wildman–Crippen MR) is 172 cm³/mol. The van der Waals surface area contributed by atoms with Gasteiger partial charge in [-0.25, -0.2) is 4.79 Å². The maximum atomic E-state index is 14.3. The molecule has 3 N–H and O–H groups in total. The largest absolute Gasteiger partial charge is 0.508 e. The Hall–Kier alpha value is -4.07. The average molecular weight is 590 g/mol. The van der Waals surface area contributed by atoms with E-state index < -0.39 is 23.8 Å². The minimum atomic E-state index is -1.01. The molecule has 8 heteroatoms. The number of hydrogen-bond donors (Lipinski definition) is 3. The monoisotopic (exact) mass is 589 g/mol. The molecule has 0 radical (unpaired) electrons. The van der Waals surface area contributed by atoms with Crippen LogP contribution in [0.5, 0.6) is 5.75 Å². The summed E-state index contributed by atoms with van der Waals surface area (Å²) in [5.74, 6) is -0.973. The van der Waals surface area contributed by atoms with E-state index in [-0.39, 0.29) is 23.5 Å². The van der Waals surface area contributed by atoms with Gasteiger partial charge in [0.2, 0.25) is 5.91 Å². The highest BCUT2D eigenvalue weighted by molar-refractivity contribution is 6.00. The van der Waals surface area contributed by atoms with E-state index in [0.29, 0.717) is 24.2 Å². The average Bonchev–Trinajstić information content (AvgIpc) is 2.94. The Kier molecular flexibility index (Phi) is 12.0. The summed E-state index contributed by atoms with van der Waals surface area (Å²) in [5, 5.41) is 17.8. The van der Waals surface area contributed by atoms with Gasteiger partial charge in [-0.05, 0) is 73.7 Å². The number of nitrogens with zero attached hydrogens (tertiary/aromatic N) is 1. The minimum Gasteiger partial charge on any atom is -0.508 e. The minimum absolute atomic E-state index is 0.0570. The first-order chi connectivity index (χ1) is 20.4. The quantitative estimate of drug-likeness (QED) is 0.178. The molecule has 0 aromatic heterocycles. The second-order valence-corrected chi connectivity index (χ2v) is 12.4. The molecule has 0 heterocycles. The zero-order valence-corrected chi connectivity index (χ0v) is 26.4. The van der Waals surface area contributed by atoms with Gasteiger partial charge in [0.25, 0.3) is 5.91 Å². The van der Waals surface area contributed by atoms with Crippen LogP contribution in [0.1, 0.15) is 85.3 Å². The van der Waals surface area contributed by atoms with E-state index in [2.05, 4.69) is 17.6 Å². The lowest BCUT2D eigenvalue weighted by atomic mass is 9.98. The van der Waals surface area contributed by atoms with Crippen LogP contribution >= 0.6 is 0 Å². The molecule has 0 spiro atoms. The molecular weight excluding hydrogens is 542 g/mol. The Bertz CT molecular complexity index is 1360. The highest BCUT2D eigenvalue weighted by Gasteiger charge is 2.37. The second kappa shape index (κ2) is 15.4. The van der Waals surface area contributed by atoms with Gasteiger partial charge in [-0.15, -0.1) is 0 Å². The third kappa shape index (κ3) is 10.0. The third-order valence-corrected chi connectivity index (χ3v) is 7.18. The summed E-state index contributed by atoms with van der Waals surface area (Å²) >= 11 is 0. The van der Waals surface area contributed by atoms with E-state index in [9.17, 15) is 19.5 Å². The number of benzene rings is 3. The fourth-order valence-electron chi connectivity index (χ4n) is 4.99. The van der Waals surface area contributed by atoms with Gasteiger partial charge in [0.1, 0.15) is 23.4 Å². The normalized spacial score (nSPS) is 12.9. The van der Waals surface area contributed by atoms with Gasteiger partial charge in [0, 0.05) is 12.2 Å². The molecule has 0 saturated heterocycles. The molecule has 2 unspecified atom stereocenters. The number of aromatic hydroxyl groups is 1. The number of phenols is 1. The first kappa shape index (κ1) is 33.4. The molecule has 8 nitrogen and oxygen atoms in total. The number of fused-ring (bicyclic) bond motifs is 1. The number of nitrogens with one attached hydrogen (secondary N) is 2. The number of unbranched alkanes of at least 4 members (excludes halogenated alkanes) is 4. The topological polar surface area (TPSA) is 108 Å². The van der Waals surface area contributed by atoms with Crippen molar-refractivity contribution in [3.05, 3.63) is 72.3 Å². The Morgan fingerprint density at radius 3 is 2.16 bits per heavy atom. The van der Waals surface area contributed by atoms with E-state index in [4.69, 9.17) is 4.74 Å². The summed E-state index contributed by atoms with van der Waals surface area (Å²) in [6.45, 7) is 11.5. The smallest absolute Gasteiger partial charge is 0.408 e. The van der Waals surface area contributed by atoms with Crippen molar-refractivity contribution in [1.29, 1.82) is 0 Å². The molecule has 3 aromatic carbocycles. The second-order valence-electron chi connectivity index (χ2n) is 12.4. The van der Waals surface area contributed by atoms with Crippen molar-refractivity contribution in [3.8, 4) is 5.75 Å². The highest BCUT2D eigenvalue weighted by Crippen LogP contribution is 2.28. The van der Waals surface area contributed by atoms with Crippen molar-refractivity contribution < 1.29 is 24.2 Å². The molecule has 232 valence electrons. The molecule has 2 atom stereocenters. The number of hydrogen-bond acceptors (Lipinski definition) is 5. The van der Waals surface area contributed by atoms with E-state index >= 15 is 0 Å². The molecule has 43 heavy (non-hydrogen) atoms. The van der Waals surface area contributed by atoms with Gasteiger partial charge < -0.3 is 25.4 Å². The number of carbonyl (C=O) groups is 3. The summed E-state index contributed by atoms with van der Waals surface area (Å²) in [4.78, 5) is 42.8. The van der Waals surface area contributed by atoms with Crippen LogP contribution in [-0.4, -0.2) is 46.1 Å². The number of carbonyl (C=O) groups excluding carboxylic acids is 3. The Labute approximate surface area is 255 Å². The maximum absolute atomic E-state index is 14.3. The number of anilines is 1. The molecule has 0 aliphatic rings. The maximum Gasteiger partial charge on any atom is 0.408 e. The number of ether oxygens (including phenoxy) is 1. The summed E-state index contributed by atoms with van der Waals surface area (Å²) in [6, 6.07) is 18.0. The Morgan fingerprint density at radius 1 is 0.884 bits per heavy atom. The van der Waals surface area contributed by atoms with E-state index in [1.807, 2.05) is 56.3 Å².